The van der Waals surface area contributed by atoms with Gasteiger partial charge in [0.2, 0.25) is 5.91 Å². The van der Waals surface area contributed by atoms with Crippen molar-refractivity contribution < 1.29 is 14.3 Å². The van der Waals surface area contributed by atoms with Crippen LogP contribution in [0.4, 0.5) is 0 Å². The van der Waals surface area contributed by atoms with Gasteiger partial charge in [-0.2, -0.15) is 0 Å². The molecule has 1 amide bonds. The second-order valence-electron chi connectivity index (χ2n) is 9.01. The van der Waals surface area contributed by atoms with E-state index in [1.54, 1.807) is 7.11 Å². The Balaban J connectivity index is 1.39. The van der Waals surface area contributed by atoms with Crippen molar-refractivity contribution in [3.05, 3.63) is 60.4 Å². The Hall–Kier alpha value is -2.84. The summed E-state index contributed by atoms with van der Waals surface area (Å²) in [5.74, 6) is 2.61. The lowest BCUT2D eigenvalue weighted by molar-refractivity contribution is -0.119. The zero-order chi connectivity index (χ0) is 24.5. The van der Waals surface area contributed by atoms with Crippen molar-refractivity contribution in [1.82, 2.24) is 20.1 Å². The molecular weight excluding hydrogens is 460 g/mol. The summed E-state index contributed by atoms with van der Waals surface area (Å²) in [5, 5.41) is 12.6. The van der Waals surface area contributed by atoms with Gasteiger partial charge < -0.3 is 19.4 Å². The number of nitrogens with zero attached hydrogens (tertiary/aromatic N) is 3. The Labute approximate surface area is 211 Å². The summed E-state index contributed by atoms with van der Waals surface area (Å²) in [6.07, 6.45) is 4.49. The van der Waals surface area contributed by atoms with E-state index in [9.17, 15) is 4.79 Å². The second kappa shape index (κ2) is 12.7. The molecule has 7 nitrogen and oxygen atoms in total. The number of carbonyl (C=O) groups excluding carboxylic acids is 1. The third kappa shape index (κ3) is 7.08. The Kier molecular flexibility index (Phi) is 9.20. The molecule has 0 radical (unpaired) electrons. The molecule has 1 heterocycles. The number of carbonyl (C=O) groups is 1. The number of hydrogen-bond acceptors (Lipinski definition) is 6. The van der Waals surface area contributed by atoms with Gasteiger partial charge in [-0.1, -0.05) is 67.2 Å². The van der Waals surface area contributed by atoms with Crippen molar-refractivity contribution in [2.45, 2.75) is 57.0 Å². The minimum Gasteiger partial charge on any atom is -0.485 e. The van der Waals surface area contributed by atoms with Crippen molar-refractivity contribution in [3.8, 4) is 16.9 Å². The first-order valence-electron chi connectivity index (χ1n) is 12.2. The molecule has 8 heteroatoms. The quantitative estimate of drug-likeness (QED) is 0.380. The molecule has 0 atom stereocenters. The van der Waals surface area contributed by atoms with Crippen LogP contribution in [0.1, 0.15) is 38.4 Å². The zero-order valence-electron chi connectivity index (χ0n) is 20.5. The van der Waals surface area contributed by atoms with E-state index in [4.69, 9.17) is 9.47 Å². The first-order chi connectivity index (χ1) is 17.1. The molecule has 1 aliphatic rings. The molecule has 1 N–H and O–H groups in total. The molecule has 4 rings (SSSR count). The first kappa shape index (κ1) is 25.3. The SMILES string of the molecule is COCCn1c(COc2ccccc2-c2ccccc2)nnc1SCC(=O)NC1CCC(C)CC1. The van der Waals surface area contributed by atoms with Gasteiger partial charge in [0.05, 0.1) is 12.4 Å². The van der Waals surface area contributed by atoms with Gasteiger partial charge in [-0.05, 0) is 43.2 Å². The molecule has 3 aromatic rings. The summed E-state index contributed by atoms with van der Waals surface area (Å²) in [7, 11) is 1.67. The molecule has 2 aromatic carbocycles. The Morgan fingerprint density at radius 2 is 1.80 bits per heavy atom. The van der Waals surface area contributed by atoms with Gasteiger partial charge >= 0.3 is 0 Å². The fourth-order valence-corrected chi connectivity index (χ4v) is 5.13. The minimum atomic E-state index is 0.0467. The van der Waals surface area contributed by atoms with E-state index in [1.165, 1.54) is 24.6 Å². The first-order valence-corrected chi connectivity index (χ1v) is 13.2. The molecule has 1 aliphatic carbocycles. The average molecular weight is 495 g/mol. The lowest BCUT2D eigenvalue weighted by Gasteiger charge is -2.26. The van der Waals surface area contributed by atoms with Crippen molar-refractivity contribution in [2.75, 3.05) is 19.5 Å². The van der Waals surface area contributed by atoms with Crippen molar-refractivity contribution >= 4 is 17.7 Å². The number of para-hydroxylation sites is 1. The van der Waals surface area contributed by atoms with Crippen LogP contribution < -0.4 is 10.1 Å². The van der Waals surface area contributed by atoms with E-state index in [0.29, 0.717) is 35.9 Å². The molecule has 1 fully saturated rings. The van der Waals surface area contributed by atoms with Crippen LogP contribution in [0.2, 0.25) is 0 Å². The zero-order valence-corrected chi connectivity index (χ0v) is 21.3. The number of ether oxygens (including phenoxy) is 2. The molecule has 0 bridgehead atoms. The van der Waals surface area contributed by atoms with Gasteiger partial charge in [-0.3, -0.25) is 4.79 Å². The topological polar surface area (TPSA) is 78.3 Å². The Morgan fingerprint density at radius 3 is 2.57 bits per heavy atom. The number of thioether (sulfide) groups is 1. The number of rotatable bonds is 11. The standard InChI is InChI=1S/C27H34N4O3S/c1-20-12-14-22(15-13-20)28-26(32)19-35-27-30-29-25(31(27)16-17-33-2)18-34-24-11-7-6-10-23(24)21-8-4-3-5-9-21/h3-11,20,22H,12-19H2,1-2H3,(H,28,32). The number of amides is 1. The number of nitrogens with one attached hydrogen (secondary N) is 1. The van der Waals surface area contributed by atoms with E-state index >= 15 is 0 Å². The summed E-state index contributed by atoms with van der Waals surface area (Å²) in [6.45, 7) is 3.66. The highest BCUT2D eigenvalue weighted by atomic mass is 32.2. The second-order valence-corrected chi connectivity index (χ2v) is 9.95. The van der Waals surface area contributed by atoms with Crippen molar-refractivity contribution in [3.63, 3.8) is 0 Å². The highest BCUT2D eigenvalue weighted by molar-refractivity contribution is 7.99. The molecule has 0 unspecified atom stereocenters. The van der Waals surface area contributed by atoms with Gasteiger partial charge in [0.25, 0.3) is 0 Å². The van der Waals surface area contributed by atoms with Crippen LogP contribution in [-0.4, -0.2) is 46.2 Å². The minimum absolute atomic E-state index is 0.0467. The largest absolute Gasteiger partial charge is 0.485 e. The summed E-state index contributed by atoms with van der Waals surface area (Å²) in [6, 6.07) is 18.4. The van der Waals surface area contributed by atoms with Gasteiger partial charge in [0.1, 0.15) is 12.4 Å². The summed E-state index contributed by atoms with van der Waals surface area (Å²) < 4.78 is 13.5. The maximum absolute atomic E-state index is 12.5. The number of aromatic nitrogens is 3. The number of methoxy groups -OCH3 is 1. The number of benzene rings is 2. The molecule has 0 saturated heterocycles. The van der Waals surface area contributed by atoms with Crippen LogP contribution in [0.3, 0.4) is 0 Å². The van der Waals surface area contributed by atoms with Crippen LogP contribution in [0, 0.1) is 5.92 Å². The Bertz CT molecular complexity index is 1080. The van der Waals surface area contributed by atoms with E-state index in [2.05, 4.69) is 34.6 Å². The third-order valence-electron chi connectivity index (χ3n) is 6.35. The molecule has 1 saturated carbocycles. The third-order valence-corrected chi connectivity index (χ3v) is 7.32. The fourth-order valence-electron chi connectivity index (χ4n) is 4.33. The maximum atomic E-state index is 12.5. The summed E-state index contributed by atoms with van der Waals surface area (Å²) in [4.78, 5) is 12.5. The number of hydrogen-bond donors (Lipinski definition) is 1. The van der Waals surface area contributed by atoms with E-state index in [-0.39, 0.29) is 12.5 Å². The summed E-state index contributed by atoms with van der Waals surface area (Å²) >= 11 is 1.40. The average Bonchev–Trinajstić information content (AvgIpc) is 3.28. The molecule has 1 aromatic heterocycles. The molecule has 35 heavy (non-hydrogen) atoms. The lowest BCUT2D eigenvalue weighted by atomic mass is 9.87. The van der Waals surface area contributed by atoms with Gasteiger partial charge in [-0.15, -0.1) is 10.2 Å². The van der Waals surface area contributed by atoms with Gasteiger partial charge in [-0.25, -0.2) is 0 Å². The van der Waals surface area contributed by atoms with Crippen LogP contribution in [0.25, 0.3) is 11.1 Å². The van der Waals surface area contributed by atoms with Crippen LogP contribution in [-0.2, 0) is 22.7 Å². The summed E-state index contributed by atoms with van der Waals surface area (Å²) in [5.41, 5.74) is 2.12. The molecular formula is C27H34N4O3S. The maximum Gasteiger partial charge on any atom is 0.230 e. The monoisotopic (exact) mass is 494 g/mol. The molecule has 0 spiro atoms. The highest BCUT2D eigenvalue weighted by Gasteiger charge is 2.21. The van der Waals surface area contributed by atoms with Crippen LogP contribution in [0.5, 0.6) is 5.75 Å². The van der Waals surface area contributed by atoms with Crippen molar-refractivity contribution in [2.24, 2.45) is 5.92 Å². The van der Waals surface area contributed by atoms with Gasteiger partial charge in [0.15, 0.2) is 11.0 Å². The molecule has 186 valence electrons. The predicted molar refractivity (Wildman–Crippen MR) is 138 cm³/mol. The highest BCUT2D eigenvalue weighted by Crippen LogP contribution is 2.30. The Morgan fingerprint density at radius 1 is 1.06 bits per heavy atom. The van der Waals surface area contributed by atoms with Crippen molar-refractivity contribution in [1.29, 1.82) is 0 Å². The van der Waals surface area contributed by atoms with E-state index in [1.807, 2.05) is 47.0 Å². The van der Waals surface area contributed by atoms with Crippen LogP contribution >= 0.6 is 11.8 Å². The van der Waals surface area contributed by atoms with Gasteiger partial charge in [0, 0.05) is 25.3 Å². The van der Waals surface area contributed by atoms with Crippen LogP contribution in [0.15, 0.2) is 59.8 Å². The lowest BCUT2D eigenvalue weighted by Crippen LogP contribution is -2.38. The molecule has 0 aliphatic heterocycles. The smallest absolute Gasteiger partial charge is 0.230 e. The predicted octanol–water partition coefficient (Wildman–Crippen LogP) is 4.96. The normalized spacial score (nSPS) is 17.8. The fraction of sp³-hybridized carbons (Fsp3) is 0.444. The van der Waals surface area contributed by atoms with E-state index < -0.39 is 0 Å². The van der Waals surface area contributed by atoms with E-state index in [0.717, 1.165) is 35.6 Å².